The van der Waals surface area contributed by atoms with Crippen LogP contribution in [0.25, 0.3) is 0 Å². The Hall–Kier alpha value is -1.83. The maximum atomic E-state index is 12.8. The molecule has 3 fully saturated rings. The van der Waals surface area contributed by atoms with E-state index in [2.05, 4.69) is 36.6 Å². The summed E-state index contributed by atoms with van der Waals surface area (Å²) in [6, 6.07) is 2.30. The van der Waals surface area contributed by atoms with Gasteiger partial charge in [0, 0.05) is 24.4 Å². The number of rotatable bonds is 6. The minimum atomic E-state index is -0.240. The van der Waals surface area contributed by atoms with Crippen molar-refractivity contribution in [3.8, 4) is 6.07 Å². The van der Waals surface area contributed by atoms with E-state index in [0.29, 0.717) is 29.9 Å². The van der Waals surface area contributed by atoms with Gasteiger partial charge in [-0.25, -0.2) is 0 Å². The molecular formula is C25H37N3O2. The van der Waals surface area contributed by atoms with Crippen molar-refractivity contribution in [1.29, 1.82) is 5.26 Å². The quantitative estimate of drug-likeness (QED) is 0.506. The molecule has 1 aliphatic heterocycles. The van der Waals surface area contributed by atoms with E-state index >= 15 is 0 Å². The van der Waals surface area contributed by atoms with Crippen LogP contribution in [0.1, 0.15) is 84.5 Å². The summed E-state index contributed by atoms with van der Waals surface area (Å²) >= 11 is 0. The molecule has 5 heteroatoms. The van der Waals surface area contributed by atoms with Crippen LogP contribution in [0.5, 0.6) is 0 Å². The highest BCUT2D eigenvalue weighted by atomic mass is 16.2. The summed E-state index contributed by atoms with van der Waals surface area (Å²) in [6.07, 6.45) is 14.1. The molecule has 3 saturated carbocycles. The van der Waals surface area contributed by atoms with Gasteiger partial charge in [-0.15, -0.1) is 0 Å². The minimum absolute atomic E-state index is 0.125. The van der Waals surface area contributed by atoms with Crippen molar-refractivity contribution in [3.63, 3.8) is 0 Å². The average molecular weight is 412 g/mol. The van der Waals surface area contributed by atoms with Crippen LogP contribution >= 0.6 is 0 Å². The van der Waals surface area contributed by atoms with Crippen LogP contribution in [-0.2, 0) is 9.59 Å². The smallest absolute Gasteiger partial charge is 0.256 e. The summed E-state index contributed by atoms with van der Waals surface area (Å²) < 4.78 is 0. The third-order valence-electron chi connectivity index (χ3n) is 9.06. The van der Waals surface area contributed by atoms with Crippen LogP contribution < -0.4 is 10.6 Å². The van der Waals surface area contributed by atoms with Gasteiger partial charge < -0.3 is 10.6 Å². The number of carbonyl (C=O) groups is 2. The highest BCUT2D eigenvalue weighted by Crippen LogP contribution is 2.63. The van der Waals surface area contributed by atoms with Crippen LogP contribution in [-0.4, -0.2) is 24.4 Å². The number of fused-ring (bicyclic) bond motifs is 5. The van der Waals surface area contributed by atoms with E-state index in [9.17, 15) is 9.59 Å². The summed E-state index contributed by atoms with van der Waals surface area (Å²) in [6.45, 7) is 5.35. The molecule has 3 aliphatic carbocycles. The van der Waals surface area contributed by atoms with Crippen LogP contribution in [0.15, 0.2) is 11.6 Å². The third kappa shape index (κ3) is 3.67. The fourth-order valence-electron chi connectivity index (χ4n) is 7.40. The molecule has 4 rings (SSSR count). The maximum Gasteiger partial charge on any atom is 0.256 e. The second-order valence-corrected chi connectivity index (χ2v) is 10.7. The molecular weight excluding hydrogens is 374 g/mol. The minimum Gasteiger partial charge on any atom is -0.352 e. The first kappa shape index (κ1) is 21.4. The van der Waals surface area contributed by atoms with Gasteiger partial charge in [-0.2, -0.15) is 5.26 Å². The van der Waals surface area contributed by atoms with Crippen LogP contribution in [0.4, 0.5) is 0 Å². The lowest BCUT2D eigenvalue weighted by atomic mass is 9.48. The summed E-state index contributed by atoms with van der Waals surface area (Å²) in [4.78, 5) is 25.5. The summed E-state index contributed by atoms with van der Waals surface area (Å²) in [7, 11) is 0. The van der Waals surface area contributed by atoms with E-state index in [-0.39, 0.29) is 23.3 Å². The van der Waals surface area contributed by atoms with E-state index in [1.807, 2.05) is 0 Å². The average Bonchev–Trinajstić information content (AvgIpc) is 3.12. The third-order valence-corrected chi connectivity index (χ3v) is 9.06. The van der Waals surface area contributed by atoms with E-state index in [1.54, 1.807) is 0 Å². The van der Waals surface area contributed by atoms with Crippen molar-refractivity contribution in [3.05, 3.63) is 11.6 Å². The first-order valence-corrected chi connectivity index (χ1v) is 12.1. The van der Waals surface area contributed by atoms with Gasteiger partial charge in [0.15, 0.2) is 0 Å². The second-order valence-electron chi connectivity index (χ2n) is 10.7. The number of nitrogens with one attached hydrogen (secondary N) is 2. The number of carbonyl (C=O) groups excluding carboxylic acids is 2. The van der Waals surface area contributed by atoms with Gasteiger partial charge in [0.25, 0.3) is 11.8 Å². The van der Waals surface area contributed by atoms with Gasteiger partial charge in [0.2, 0.25) is 0 Å². The molecule has 0 radical (unpaired) electrons. The Bertz CT molecular complexity index is 769. The zero-order valence-corrected chi connectivity index (χ0v) is 18.6. The molecule has 164 valence electrons. The monoisotopic (exact) mass is 411 g/mol. The Labute approximate surface area is 181 Å². The predicted molar refractivity (Wildman–Crippen MR) is 116 cm³/mol. The molecule has 0 saturated heterocycles. The highest BCUT2D eigenvalue weighted by Gasteiger charge is 2.58. The van der Waals surface area contributed by atoms with Gasteiger partial charge in [0.1, 0.15) is 5.57 Å². The number of hydrogen-bond donors (Lipinski definition) is 2. The van der Waals surface area contributed by atoms with Gasteiger partial charge in [-0.3, -0.25) is 9.59 Å². The van der Waals surface area contributed by atoms with Crippen molar-refractivity contribution in [1.82, 2.24) is 10.6 Å². The molecule has 2 amide bonds. The van der Waals surface area contributed by atoms with Gasteiger partial charge >= 0.3 is 0 Å². The molecule has 0 bridgehead atoms. The normalized spacial score (nSPS) is 39.6. The van der Waals surface area contributed by atoms with Crippen molar-refractivity contribution >= 4 is 11.8 Å². The number of amides is 2. The number of nitriles is 1. The Balaban J connectivity index is 1.47. The van der Waals surface area contributed by atoms with Crippen molar-refractivity contribution < 1.29 is 9.59 Å². The molecule has 30 heavy (non-hydrogen) atoms. The summed E-state index contributed by atoms with van der Waals surface area (Å²) in [5.74, 6) is 1.64. The largest absolute Gasteiger partial charge is 0.352 e. The lowest BCUT2D eigenvalue weighted by molar-refractivity contribution is -0.128. The molecule has 1 unspecified atom stereocenters. The zero-order valence-electron chi connectivity index (χ0n) is 18.6. The molecule has 5 nitrogen and oxygen atoms in total. The van der Waals surface area contributed by atoms with E-state index in [1.165, 1.54) is 38.5 Å². The van der Waals surface area contributed by atoms with E-state index in [0.717, 1.165) is 37.5 Å². The molecule has 2 N–H and O–H groups in total. The fraction of sp³-hybridized carbons (Fsp3) is 0.800. The first-order chi connectivity index (χ1) is 14.4. The van der Waals surface area contributed by atoms with E-state index < -0.39 is 0 Å². The Kier molecular flexibility index (Phi) is 5.97. The van der Waals surface area contributed by atoms with Crippen LogP contribution in [0, 0.1) is 39.9 Å². The van der Waals surface area contributed by atoms with E-state index in [4.69, 9.17) is 5.26 Å². The molecule has 0 aromatic heterocycles. The maximum absolute atomic E-state index is 12.8. The van der Waals surface area contributed by atoms with Crippen molar-refractivity contribution in [2.45, 2.75) is 90.5 Å². The summed E-state index contributed by atoms with van der Waals surface area (Å²) in [5, 5.41) is 14.7. The molecule has 1 heterocycles. The lowest BCUT2D eigenvalue weighted by Gasteiger charge is -2.58. The topological polar surface area (TPSA) is 82.0 Å². The Morgan fingerprint density at radius 3 is 2.80 bits per heavy atom. The molecule has 4 aliphatic rings. The fourth-order valence-corrected chi connectivity index (χ4v) is 7.40. The van der Waals surface area contributed by atoms with Crippen molar-refractivity contribution in [2.24, 2.45) is 28.6 Å². The summed E-state index contributed by atoms with van der Waals surface area (Å²) in [5.41, 5.74) is 0.698. The Morgan fingerprint density at radius 1 is 1.17 bits per heavy atom. The highest BCUT2D eigenvalue weighted by molar-refractivity contribution is 6.19. The van der Waals surface area contributed by atoms with Gasteiger partial charge in [0.05, 0.1) is 6.07 Å². The lowest BCUT2D eigenvalue weighted by Crippen LogP contribution is -2.60. The molecule has 0 aromatic carbocycles. The SMILES string of the molecule is C[C@@]12CCC[C@H]1[C@@H]1CCC3NC(=O)C(C(=O)NCCCCCC#N)=C[C@]3(C)[C@@H]1CC2. The van der Waals surface area contributed by atoms with Crippen LogP contribution in [0.3, 0.4) is 0 Å². The number of unbranched alkanes of at least 4 members (excludes halogenated alkanes) is 3. The second kappa shape index (κ2) is 8.36. The predicted octanol–water partition coefficient (Wildman–Crippen LogP) is 4.24. The van der Waals surface area contributed by atoms with Gasteiger partial charge in [-0.05, 0) is 74.5 Å². The van der Waals surface area contributed by atoms with Crippen molar-refractivity contribution in [2.75, 3.05) is 6.54 Å². The Morgan fingerprint density at radius 2 is 2.00 bits per heavy atom. The first-order valence-electron chi connectivity index (χ1n) is 12.1. The molecule has 0 spiro atoms. The molecule has 6 atom stereocenters. The molecule has 0 aromatic rings. The van der Waals surface area contributed by atoms with Crippen LogP contribution in [0.2, 0.25) is 0 Å². The zero-order chi connectivity index (χ0) is 21.4. The standard InChI is InChI=1S/C25H37N3O2/c1-24-12-7-8-19(24)17-9-10-21-25(2,20(17)11-13-24)16-18(23(30)28-21)22(29)27-15-6-4-3-5-14-26/h16-17,19-21H,3-13,15H2,1-2H3,(H,27,29)(H,28,30)/t17-,19-,20+,21?,24-,25+/m0/s1. The van der Waals surface area contributed by atoms with Gasteiger partial charge in [-0.1, -0.05) is 32.8 Å². The number of nitrogens with zero attached hydrogens (tertiary/aromatic N) is 1. The number of hydrogen-bond acceptors (Lipinski definition) is 3.